The van der Waals surface area contributed by atoms with Gasteiger partial charge in [0.1, 0.15) is 24.2 Å². The number of aliphatic carboxylic acids is 1. The van der Waals surface area contributed by atoms with Gasteiger partial charge in [0.05, 0.1) is 12.8 Å². The van der Waals surface area contributed by atoms with Crippen molar-refractivity contribution in [2.75, 3.05) is 17.2 Å². The number of para-hydroxylation sites is 1. The zero-order valence-electron chi connectivity index (χ0n) is 31.8. The van der Waals surface area contributed by atoms with Crippen LogP contribution in [0.1, 0.15) is 96.6 Å². The molecule has 15 heteroatoms. The summed E-state index contributed by atoms with van der Waals surface area (Å²) >= 11 is 0. The molecule has 5 atom stereocenters. The molecule has 0 bridgehead atoms. The van der Waals surface area contributed by atoms with Crippen LogP contribution in [0, 0.1) is 5.92 Å². The average Bonchev–Trinajstić information content (AvgIpc) is 3.63. The van der Waals surface area contributed by atoms with Gasteiger partial charge in [-0.2, -0.15) is 0 Å². The van der Waals surface area contributed by atoms with Gasteiger partial charge < -0.3 is 42.3 Å². The number of rotatable bonds is 19. The number of primary amides is 1. The molecule has 1 heterocycles. The summed E-state index contributed by atoms with van der Waals surface area (Å²) in [6, 6.07) is 9.24. The SMILES string of the molecule is CCCC[C@H](NC(=O)Cc1ccc(NC(=O)Nc2ccccc2C(C)C)cc1)C(=O)N[C@@H](CC(=O)O)C(=O)N[C@H](C(=O)N1CCC[C@H]1C(N)=O)C(C)CC. The molecule has 2 aromatic carbocycles. The largest absolute Gasteiger partial charge is 0.481 e. The maximum absolute atomic E-state index is 13.6. The molecule has 1 fully saturated rings. The van der Waals surface area contributed by atoms with Crippen molar-refractivity contribution >= 4 is 52.9 Å². The Hall–Kier alpha value is -5.47. The number of hydrogen-bond donors (Lipinski definition) is 7. The van der Waals surface area contributed by atoms with Gasteiger partial charge in [0.15, 0.2) is 0 Å². The molecular weight excluding hydrogens is 694 g/mol. The van der Waals surface area contributed by atoms with Gasteiger partial charge in [0.2, 0.25) is 29.5 Å². The van der Waals surface area contributed by atoms with E-state index in [0.717, 1.165) is 5.56 Å². The van der Waals surface area contributed by atoms with Crippen molar-refractivity contribution in [2.24, 2.45) is 11.7 Å². The molecule has 8 N–H and O–H groups in total. The summed E-state index contributed by atoms with van der Waals surface area (Å²) in [6.45, 7) is 9.84. The van der Waals surface area contributed by atoms with Crippen molar-refractivity contribution < 1.29 is 38.7 Å². The number of carbonyl (C=O) groups is 7. The van der Waals surface area contributed by atoms with E-state index in [1.807, 2.05) is 52.0 Å². The number of urea groups is 1. The highest BCUT2D eigenvalue weighted by atomic mass is 16.4. The summed E-state index contributed by atoms with van der Waals surface area (Å²) in [6.07, 6.45) is 2.07. The Bertz CT molecular complexity index is 1650. The molecule has 1 aliphatic heterocycles. The Morgan fingerprint density at radius 2 is 1.54 bits per heavy atom. The summed E-state index contributed by atoms with van der Waals surface area (Å²) in [5.41, 5.74) is 8.33. The van der Waals surface area contributed by atoms with Gasteiger partial charge in [0, 0.05) is 17.9 Å². The van der Waals surface area contributed by atoms with Crippen molar-refractivity contribution in [1.82, 2.24) is 20.9 Å². The Morgan fingerprint density at radius 3 is 2.15 bits per heavy atom. The van der Waals surface area contributed by atoms with Gasteiger partial charge in [-0.05, 0) is 60.4 Å². The third kappa shape index (κ3) is 12.6. The molecule has 0 radical (unpaired) electrons. The second-order valence-corrected chi connectivity index (χ2v) is 14.1. The third-order valence-electron chi connectivity index (χ3n) is 9.56. The van der Waals surface area contributed by atoms with Crippen LogP contribution in [-0.4, -0.2) is 82.3 Å². The van der Waals surface area contributed by atoms with Crippen molar-refractivity contribution in [3.63, 3.8) is 0 Å². The molecule has 0 saturated carbocycles. The first-order valence-corrected chi connectivity index (χ1v) is 18.6. The van der Waals surface area contributed by atoms with Crippen LogP contribution < -0.4 is 32.3 Å². The number of carboxylic acids is 1. The van der Waals surface area contributed by atoms with Crippen LogP contribution in [0.5, 0.6) is 0 Å². The van der Waals surface area contributed by atoms with E-state index in [9.17, 15) is 38.7 Å². The lowest BCUT2D eigenvalue weighted by molar-refractivity contribution is -0.144. The monoisotopic (exact) mass is 749 g/mol. The fourth-order valence-corrected chi connectivity index (χ4v) is 6.31. The normalized spacial score (nSPS) is 16.0. The number of unbranched alkanes of at least 4 members (excludes halogenated alkanes) is 1. The Morgan fingerprint density at radius 1 is 0.870 bits per heavy atom. The molecule has 2 aromatic rings. The highest BCUT2D eigenvalue weighted by Gasteiger charge is 2.39. The molecule has 0 aromatic heterocycles. The minimum absolute atomic E-state index is 0.0926. The van der Waals surface area contributed by atoms with Gasteiger partial charge in [-0.3, -0.25) is 28.8 Å². The average molecular weight is 750 g/mol. The van der Waals surface area contributed by atoms with Crippen LogP contribution in [0.25, 0.3) is 0 Å². The van der Waals surface area contributed by atoms with Crippen LogP contribution in [0.2, 0.25) is 0 Å². The fraction of sp³-hybridized carbons (Fsp3) is 0.513. The van der Waals surface area contributed by atoms with E-state index in [1.165, 1.54) is 4.90 Å². The van der Waals surface area contributed by atoms with Gasteiger partial charge in [0.25, 0.3) is 0 Å². The molecular formula is C39H55N7O8. The maximum atomic E-state index is 13.6. The number of anilines is 2. The molecule has 0 spiro atoms. The minimum atomic E-state index is -1.56. The smallest absolute Gasteiger partial charge is 0.323 e. The predicted molar refractivity (Wildman–Crippen MR) is 204 cm³/mol. The molecule has 1 unspecified atom stereocenters. The number of likely N-dealkylation sites (tertiary alicyclic amines) is 1. The van der Waals surface area contributed by atoms with Gasteiger partial charge in [-0.1, -0.05) is 84.2 Å². The number of nitrogens with two attached hydrogens (primary N) is 1. The van der Waals surface area contributed by atoms with Crippen LogP contribution in [0.4, 0.5) is 16.2 Å². The lowest BCUT2D eigenvalue weighted by Crippen LogP contribution is -2.59. The number of carbonyl (C=O) groups excluding carboxylic acids is 6. The Labute approximate surface area is 316 Å². The van der Waals surface area contributed by atoms with Crippen LogP contribution >= 0.6 is 0 Å². The summed E-state index contributed by atoms with van der Waals surface area (Å²) in [5.74, 6) is -4.80. The van der Waals surface area contributed by atoms with E-state index in [0.29, 0.717) is 49.0 Å². The van der Waals surface area contributed by atoms with Crippen LogP contribution in [-0.2, 0) is 35.2 Å². The lowest BCUT2D eigenvalue weighted by atomic mass is 9.96. The molecule has 0 aliphatic carbocycles. The summed E-state index contributed by atoms with van der Waals surface area (Å²) in [4.78, 5) is 91.6. The number of amides is 7. The molecule has 7 amide bonds. The van der Waals surface area contributed by atoms with E-state index < -0.39 is 72.1 Å². The minimum Gasteiger partial charge on any atom is -0.481 e. The van der Waals surface area contributed by atoms with E-state index in [1.54, 1.807) is 31.2 Å². The molecule has 1 saturated heterocycles. The van der Waals surface area contributed by atoms with Gasteiger partial charge in [-0.15, -0.1) is 0 Å². The fourth-order valence-electron chi connectivity index (χ4n) is 6.31. The zero-order chi connectivity index (χ0) is 39.9. The number of carboxylic acid groups (broad SMARTS) is 1. The van der Waals surface area contributed by atoms with E-state index in [2.05, 4.69) is 26.6 Å². The van der Waals surface area contributed by atoms with Crippen molar-refractivity contribution in [2.45, 2.75) is 116 Å². The first kappa shape index (κ1) is 42.9. The summed E-state index contributed by atoms with van der Waals surface area (Å²) in [7, 11) is 0. The van der Waals surface area contributed by atoms with Crippen molar-refractivity contribution in [3.05, 3.63) is 59.7 Å². The van der Waals surface area contributed by atoms with Crippen LogP contribution in [0.15, 0.2) is 48.5 Å². The lowest BCUT2D eigenvalue weighted by Gasteiger charge is -2.32. The second-order valence-electron chi connectivity index (χ2n) is 14.1. The second kappa shape index (κ2) is 20.7. The summed E-state index contributed by atoms with van der Waals surface area (Å²) < 4.78 is 0. The topological polar surface area (TPSA) is 229 Å². The highest BCUT2D eigenvalue weighted by Crippen LogP contribution is 2.24. The zero-order valence-corrected chi connectivity index (χ0v) is 31.8. The van der Waals surface area contributed by atoms with Crippen LogP contribution in [0.3, 0.4) is 0 Å². The number of nitrogens with zero attached hydrogens (tertiary/aromatic N) is 1. The standard InChI is InChI=1S/C39H55N7O8/c1-6-8-13-29(42-32(47)21-25-16-18-26(19-17-25)41-39(54)44-28-14-10-9-12-27(28)23(3)4)36(51)43-30(22-33(48)49)37(52)45-34(24(5)7-2)38(53)46-20-11-15-31(46)35(40)50/h9-10,12,14,16-19,23-24,29-31,34H,6-8,11,13,15,20-22H2,1-5H3,(H2,40,50)(H,42,47)(H,43,51)(H,45,52)(H,48,49)(H2,41,44,54)/t24?,29-,30-,31-,34-/m0/s1. The van der Waals surface area contributed by atoms with Crippen molar-refractivity contribution in [3.8, 4) is 0 Å². The molecule has 294 valence electrons. The quantitative estimate of drug-likeness (QED) is 0.112. The molecule has 15 nitrogen and oxygen atoms in total. The van der Waals surface area contributed by atoms with E-state index >= 15 is 0 Å². The highest BCUT2D eigenvalue weighted by molar-refractivity contribution is 6.00. The van der Waals surface area contributed by atoms with E-state index in [4.69, 9.17) is 5.73 Å². The maximum Gasteiger partial charge on any atom is 0.323 e. The van der Waals surface area contributed by atoms with Gasteiger partial charge in [-0.25, -0.2) is 4.79 Å². The number of benzene rings is 2. The molecule has 1 aliphatic rings. The molecule has 3 rings (SSSR count). The van der Waals surface area contributed by atoms with Gasteiger partial charge >= 0.3 is 12.0 Å². The van der Waals surface area contributed by atoms with Crippen molar-refractivity contribution in [1.29, 1.82) is 0 Å². The first-order valence-electron chi connectivity index (χ1n) is 18.6. The third-order valence-corrected chi connectivity index (χ3v) is 9.56. The number of nitrogens with one attached hydrogen (secondary N) is 5. The van der Waals surface area contributed by atoms with E-state index in [-0.39, 0.29) is 31.2 Å². The number of hydrogen-bond acceptors (Lipinski definition) is 7. The summed E-state index contributed by atoms with van der Waals surface area (Å²) in [5, 5.41) is 23.1. The Kier molecular flexibility index (Phi) is 16.4. The first-order chi connectivity index (χ1) is 25.6. The molecule has 54 heavy (non-hydrogen) atoms. The predicted octanol–water partition coefficient (Wildman–Crippen LogP) is 3.64. The Balaban J connectivity index is 1.66.